The monoisotopic (exact) mass is 279 g/mol. The Morgan fingerprint density at radius 2 is 2.43 bits per heavy atom. The topological polar surface area (TPSA) is 20.3 Å². The predicted molar refractivity (Wildman–Crippen MR) is 66.1 cm³/mol. The van der Waals surface area contributed by atoms with Crippen molar-refractivity contribution < 1.29 is 4.79 Å². The Balaban J connectivity index is 2.37. The number of carbonyl (C=O) groups excluding carboxylic acids is 1. The summed E-state index contributed by atoms with van der Waals surface area (Å²) in [5.41, 5.74) is 0. The van der Waals surface area contributed by atoms with Crippen LogP contribution in [0.4, 0.5) is 0 Å². The molecule has 0 N–H and O–H groups in total. The van der Waals surface area contributed by atoms with Gasteiger partial charge in [0.1, 0.15) is 0 Å². The largest absolute Gasteiger partial charge is 0.342 e. The third-order valence-corrected chi connectivity index (χ3v) is 4.38. The molecule has 1 saturated heterocycles. The molecule has 0 bridgehead atoms. The Morgan fingerprint density at radius 3 is 2.93 bits per heavy atom. The van der Waals surface area contributed by atoms with Crippen LogP contribution in [0.3, 0.4) is 0 Å². The lowest BCUT2D eigenvalue weighted by Gasteiger charge is -2.23. The van der Waals surface area contributed by atoms with Gasteiger partial charge < -0.3 is 4.90 Å². The van der Waals surface area contributed by atoms with Gasteiger partial charge in [-0.3, -0.25) is 4.79 Å². The fraction of sp³-hybridized carbons (Fsp3) is 0.900. The lowest BCUT2D eigenvalue weighted by atomic mass is 10.2. The molecule has 0 saturated carbocycles. The van der Waals surface area contributed by atoms with Gasteiger partial charge in [-0.2, -0.15) is 0 Å². The molecular formula is C10H18BrNOS. The summed E-state index contributed by atoms with van der Waals surface area (Å²) in [5.74, 6) is 1.52. The molecule has 2 nitrogen and oxygen atoms in total. The molecule has 0 aromatic heterocycles. The smallest absolute Gasteiger partial charge is 0.235 e. The van der Waals surface area contributed by atoms with Gasteiger partial charge in [-0.15, -0.1) is 11.8 Å². The van der Waals surface area contributed by atoms with Crippen LogP contribution < -0.4 is 0 Å². The molecule has 1 heterocycles. The zero-order valence-corrected chi connectivity index (χ0v) is 11.1. The minimum atomic E-state index is 0.255. The van der Waals surface area contributed by atoms with Gasteiger partial charge in [0.05, 0.1) is 5.25 Å². The van der Waals surface area contributed by atoms with Crippen LogP contribution in [0.2, 0.25) is 0 Å². The average Bonchev–Trinajstić information content (AvgIpc) is 2.71. The third kappa shape index (κ3) is 3.46. The maximum atomic E-state index is 12.0. The molecule has 0 radical (unpaired) electrons. The number of carbonyl (C=O) groups is 1. The normalized spacial score (nSPS) is 21.1. The van der Waals surface area contributed by atoms with Gasteiger partial charge in [0, 0.05) is 18.4 Å². The number of halogens is 1. The molecule has 1 fully saturated rings. The summed E-state index contributed by atoms with van der Waals surface area (Å²) in [5, 5.41) is 1.24. The van der Waals surface area contributed by atoms with Crippen LogP contribution in [0.15, 0.2) is 0 Å². The zero-order valence-electron chi connectivity index (χ0n) is 8.67. The van der Waals surface area contributed by atoms with E-state index in [0.29, 0.717) is 5.91 Å². The molecule has 4 heteroatoms. The minimum Gasteiger partial charge on any atom is -0.342 e. The molecule has 14 heavy (non-hydrogen) atoms. The highest BCUT2D eigenvalue weighted by Crippen LogP contribution is 2.27. The van der Waals surface area contributed by atoms with Gasteiger partial charge in [-0.1, -0.05) is 15.9 Å². The van der Waals surface area contributed by atoms with Crippen molar-refractivity contribution in [1.82, 2.24) is 4.90 Å². The van der Waals surface area contributed by atoms with Gasteiger partial charge in [0.2, 0.25) is 5.91 Å². The van der Waals surface area contributed by atoms with E-state index < -0.39 is 0 Å². The van der Waals surface area contributed by atoms with E-state index in [1.807, 2.05) is 16.7 Å². The van der Waals surface area contributed by atoms with Crippen LogP contribution in [-0.2, 0) is 4.79 Å². The molecule has 1 aliphatic rings. The van der Waals surface area contributed by atoms with Gasteiger partial charge in [0.25, 0.3) is 0 Å². The second-order valence-electron chi connectivity index (χ2n) is 3.46. The summed E-state index contributed by atoms with van der Waals surface area (Å²) in [6, 6.07) is 0. The predicted octanol–water partition coefficient (Wildman–Crippen LogP) is 2.52. The van der Waals surface area contributed by atoms with Crippen LogP contribution in [0.25, 0.3) is 0 Å². The van der Waals surface area contributed by atoms with Gasteiger partial charge in [-0.05, 0) is 31.9 Å². The molecule has 0 aliphatic carbocycles. The Morgan fingerprint density at radius 1 is 1.64 bits per heavy atom. The van der Waals surface area contributed by atoms with Crippen molar-refractivity contribution in [3.05, 3.63) is 0 Å². The molecule has 1 aliphatic heterocycles. The maximum absolute atomic E-state index is 12.0. The standard InChI is InChI=1S/C10H18BrNOS/c1-2-12(7-4-6-11)10(13)9-5-3-8-14-9/h9H,2-8H2,1H3. The Hall–Kier alpha value is 0.300. The molecule has 82 valence electrons. The van der Waals surface area contributed by atoms with Crippen molar-refractivity contribution in [3.8, 4) is 0 Å². The first-order chi connectivity index (χ1) is 6.79. The summed E-state index contributed by atoms with van der Waals surface area (Å²) < 4.78 is 0. The van der Waals surface area contributed by atoms with Gasteiger partial charge in [-0.25, -0.2) is 0 Å². The highest BCUT2D eigenvalue weighted by atomic mass is 79.9. The van der Waals surface area contributed by atoms with E-state index in [4.69, 9.17) is 0 Å². The Bertz CT molecular complexity index is 183. The molecular weight excluding hydrogens is 262 g/mol. The summed E-state index contributed by atoms with van der Waals surface area (Å²) in [6.45, 7) is 3.81. The van der Waals surface area contributed by atoms with E-state index in [-0.39, 0.29) is 5.25 Å². The molecule has 1 rings (SSSR count). The SMILES string of the molecule is CCN(CCCBr)C(=O)C1CCCS1. The molecule has 0 aromatic rings. The zero-order chi connectivity index (χ0) is 10.4. The fourth-order valence-electron chi connectivity index (χ4n) is 1.65. The Kier molecular flexibility index (Phi) is 5.94. The average molecular weight is 280 g/mol. The second-order valence-corrected chi connectivity index (χ2v) is 5.57. The summed E-state index contributed by atoms with van der Waals surface area (Å²) in [7, 11) is 0. The van der Waals surface area contributed by atoms with Gasteiger partial charge in [0.15, 0.2) is 0 Å². The quantitative estimate of drug-likeness (QED) is 0.721. The van der Waals surface area contributed by atoms with Crippen LogP contribution >= 0.6 is 27.7 Å². The maximum Gasteiger partial charge on any atom is 0.235 e. The number of nitrogens with zero attached hydrogens (tertiary/aromatic N) is 1. The van der Waals surface area contributed by atoms with Crippen LogP contribution in [0.5, 0.6) is 0 Å². The summed E-state index contributed by atoms with van der Waals surface area (Å²) in [6.07, 6.45) is 3.34. The first-order valence-corrected chi connectivity index (χ1v) is 7.43. The summed E-state index contributed by atoms with van der Waals surface area (Å²) in [4.78, 5) is 14.0. The highest BCUT2D eigenvalue weighted by Gasteiger charge is 2.26. The van der Waals surface area contributed by atoms with Crippen molar-refractivity contribution in [2.45, 2.75) is 31.4 Å². The lowest BCUT2D eigenvalue weighted by molar-refractivity contribution is -0.130. The van der Waals surface area contributed by atoms with Gasteiger partial charge >= 0.3 is 0 Å². The van der Waals surface area contributed by atoms with Crippen LogP contribution in [-0.4, -0.2) is 40.2 Å². The van der Waals surface area contributed by atoms with E-state index in [0.717, 1.165) is 37.0 Å². The van der Waals surface area contributed by atoms with Crippen LogP contribution in [0, 0.1) is 0 Å². The number of amides is 1. The fourth-order valence-corrected chi connectivity index (χ4v) is 3.14. The number of alkyl halides is 1. The molecule has 1 amide bonds. The van der Waals surface area contributed by atoms with Crippen molar-refractivity contribution in [3.63, 3.8) is 0 Å². The second kappa shape index (κ2) is 6.72. The van der Waals surface area contributed by atoms with E-state index in [2.05, 4.69) is 22.9 Å². The van der Waals surface area contributed by atoms with Crippen molar-refractivity contribution in [2.24, 2.45) is 0 Å². The van der Waals surface area contributed by atoms with Crippen molar-refractivity contribution >= 4 is 33.6 Å². The van der Waals surface area contributed by atoms with E-state index in [9.17, 15) is 4.79 Å². The van der Waals surface area contributed by atoms with E-state index in [1.54, 1.807) is 0 Å². The molecule has 1 unspecified atom stereocenters. The first-order valence-electron chi connectivity index (χ1n) is 5.26. The van der Waals surface area contributed by atoms with Crippen molar-refractivity contribution in [2.75, 3.05) is 24.2 Å². The number of rotatable bonds is 5. The van der Waals surface area contributed by atoms with E-state index in [1.165, 1.54) is 6.42 Å². The number of thioether (sulfide) groups is 1. The highest BCUT2D eigenvalue weighted by molar-refractivity contribution is 9.09. The Labute approximate surface area is 98.9 Å². The van der Waals surface area contributed by atoms with Crippen LogP contribution in [0.1, 0.15) is 26.2 Å². The molecule has 1 atom stereocenters. The lowest BCUT2D eigenvalue weighted by Crippen LogP contribution is -2.37. The summed E-state index contributed by atoms with van der Waals surface area (Å²) >= 11 is 5.22. The first kappa shape index (κ1) is 12.4. The number of hydrogen-bond donors (Lipinski definition) is 0. The third-order valence-electron chi connectivity index (χ3n) is 2.46. The minimum absolute atomic E-state index is 0.255. The molecule has 0 aromatic carbocycles. The van der Waals surface area contributed by atoms with Crippen molar-refractivity contribution in [1.29, 1.82) is 0 Å². The van der Waals surface area contributed by atoms with E-state index >= 15 is 0 Å². The molecule has 0 spiro atoms. The number of hydrogen-bond acceptors (Lipinski definition) is 2.